The van der Waals surface area contributed by atoms with E-state index < -0.39 is 11.6 Å². The van der Waals surface area contributed by atoms with Crippen molar-refractivity contribution in [1.82, 2.24) is 0 Å². The number of nitrogens with one attached hydrogen (secondary N) is 1. The van der Waals surface area contributed by atoms with Gasteiger partial charge in [-0.05, 0) is 52.2 Å². The molecule has 20 heavy (non-hydrogen) atoms. The molecule has 2 nitrogen and oxygen atoms in total. The smallest absolute Gasteiger partial charge is 0.147 e. The minimum absolute atomic E-state index is 0.0927. The molecule has 0 heterocycles. The molecule has 0 aromatic heterocycles. The molecule has 0 aliphatic heterocycles. The Morgan fingerprint density at radius 2 is 1.95 bits per heavy atom. The van der Waals surface area contributed by atoms with E-state index in [0.29, 0.717) is 12.1 Å². The fourth-order valence-corrected chi connectivity index (χ4v) is 2.13. The SMILES string of the molecule is Cc1cc(C#N)ccc1CNc1cc(F)c(Br)cc1F. The lowest BCUT2D eigenvalue weighted by Crippen LogP contribution is -2.04. The lowest BCUT2D eigenvalue weighted by molar-refractivity contribution is 0.596. The Kier molecular flexibility index (Phi) is 4.35. The van der Waals surface area contributed by atoms with Gasteiger partial charge in [0.25, 0.3) is 0 Å². The molecule has 0 atom stereocenters. The second-order valence-electron chi connectivity index (χ2n) is 4.35. The first-order valence-electron chi connectivity index (χ1n) is 5.89. The second kappa shape index (κ2) is 6.02. The molecule has 2 aromatic rings. The van der Waals surface area contributed by atoms with Crippen molar-refractivity contribution in [3.63, 3.8) is 0 Å². The van der Waals surface area contributed by atoms with Crippen LogP contribution in [0.25, 0.3) is 0 Å². The maximum Gasteiger partial charge on any atom is 0.147 e. The van der Waals surface area contributed by atoms with Gasteiger partial charge >= 0.3 is 0 Å². The fraction of sp³-hybridized carbons (Fsp3) is 0.133. The van der Waals surface area contributed by atoms with Gasteiger partial charge in [0.1, 0.15) is 11.6 Å². The standard InChI is InChI=1S/C15H11BrF2N2/c1-9-4-10(7-19)2-3-11(9)8-20-15-6-13(17)12(16)5-14(15)18/h2-6,20H,8H2,1H3. The molecule has 0 unspecified atom stereocenters. The van der Waals surface area contributed by atoms with E-state index in [4.69, 9.17) is 5.26 Å². The van der Waals surface area contributed by atoms with Crippen molar-refractivity contribution < 1.29 is 8.78 Å². The number of rotatable bonds is 3. The van der Waals surface area contributed by atoms with Crippen LogP contribution in [-0.2, 0) is 6.54 Å². The van der Waals surface area contributed by atoms with E-state index >= 15 is 0 Å². The molecule has 0 saturated heterocycles. The molecular weight excluding hydrogens is 326 g/mol. The van der Waals surface area contributed by atoms with Gasteiger partial charge in [0, 0.05) is 12.6 Å². The molecule has 0 spiro atoms. The normalized spacial score (nSPS) is 10.2. The van der Waals surface area contributed by atoms with E-state index in [1.165, 1.54) is 0 Å². The van der Waals surface area contributed by atoms with Gasteiger partial charge in [-0.3, -0.25) is 0 Å². The maximum absolute atomic E-state index is 13.7. The third-order valence-corrected chi connectivity index (χ3v) is 3.56. The highest BCUT2D eigenvalue weighted by Gasteiger charge is 2.08. The van der Waals surface area contributed by atoms with E-state index in [2.05, 4.69) is 27.3 Å². The average Bonchev–Trinajstić information content (AvgIpc) is 2.42. The van der Waals surface area contributed by atoms with Gasteiger partial charge in [0.05, 0.1) is 21.8 Å². The van der Waals surface area contributed by atoms with Gasteiger partial charge in [0.2, 0.25) is 0 Å². The summed E-state index contributed by atoms with van der Waals surface area (Å²) in [7, 11) is 0. The van der Waals surface area contributed by atoms with Crippen LogP contribution < -0.4 is 5.32 Å². The Balaban J connectivity index is 2.17. The molecular formula is C15H11BrF2N2. The zero-order valence-electron chi connectivity index (χ0n) is 10.7. The highest BCUT2D eigenvalue weighted by Crippen LogP contribution is 2.24. The second-order valence-corrected chi connectivity index (χ2v) is 5.21. The fourth-order valence-electron chi connectivity index (χ4n) is 1.81. The number of halogens is 3. The Morgan fingerprint density at radius 3 is 2.60 bits per heavy atom. The number of hydrogen-bond acceptors (Lipinski definition) is 2. The first-order chi connectivity index (χ1) is 9.51. The van der Waals surface area contributed by atoms with Crippen molar-refractivity contribution in [2.75, 3.05) is 5.32 Å². The lowest BCUT2D eigenvalue weighted by Gasteiger charge is -2.11. The molecule has 0 radical (unpaired) electrons. The summed E-state index contributed by atoms with van der Waals surface area (Å²) in [5.41, 5.74) is 2.53. The van der Waals surface area contributed by atoms with Gasteiger partial charge in [-0.15, -0.1) is 0 Å². The number of nitrogens with zero attached hydrogens (tertiary/aromatic N) is 1. The highest BCUT2D eigenvalue weighted by molar-refractivity contribution is 9.10. The Hall–Kier alpha value is -1.93. The molecule has 0 fully saturated rings. The van der Waals surface area contributed by atoms with Gasteiger partial charge in [-0.25, -0.2) is 8.78 Å². The molecule has 102 valence electrons. The maximum atomic E-state index is 13.7. The first-order valence-corrected chi connectivity index (χ1v) is 6.68. The van der Waals surface area contributed by atoms with Gasteiger partial charge in [0.15, 0.2) is 0 Å². The van der Waals surface area contributed by atoms with E-state index in [9.17, 15) is 8.78 Å². The average molecular weight is 337 g/mol. The third kappa shape index (κ3) is 3.14. The van der Waals surface area contributed by atoms with Crippen LogP contribution in [0.1, 0.15) is 16.7 Å². The Morgan fingerprint density at radius 1 is 1.20 bits per heavy atom. The lowest BCUT2D eigenvalue weighted by atomic mass is 10.1. The molecule has 2 rings (SSSR count). The van der Waals surface area contributed by atoms with E-state index in [1.54, 1.807) is 18.2 Å². The van der Waals surface area contributed by atoms with Crippen molar-refractivity contribution in [2.24, 2.45) is 0 Å². The van der Waals surface area contributed by atoms with Crippen molar-refractivity contribution in [3.8, 4) is 6.07 Å². The molecule has 0 amide bonds. The summed E-state index contributed by atoms with van der Waals surface area (Å²) < 4.78 is 27.1. The number of anilines is 1. The molecule has 2 aromatic carbocycles. The van der Waals surface area contributed by atoms with E-state index in [-0.39, 0.29) is 10.2 Å². The minimum atomic E-state index is -0.524. The number of nitriles is 1. The van der Waals surface area contributed by atoms with E-state index in [0.717, 1.165) is 23.3 Å². The van der Waals surface area contributed by atoms with Crippen LogP contribution in [0.5, 0.6) is 0 Å². The van der Waals surface area contributed by atoms with Gasteiger partial charge < -0.3 is 5.32 Å². The number of benzene rings is 2. The summed E-state index contributed by atoms with van der Waals surface area (Å²) in [6.45, 7) is 2.23. The predicted octanol–water partition coefficient (Wildman–Crippen LogP) is 4.52. The van der Waals surface area contributed by atoms with Crippen molar-refractivity contribution in [1.29, 1.82) is 5.26 Å². The molecule has 0 aliphatic rings. The van der Waals surface area contributed by atoms with Crippen LogP contribution in [-0.4, -0.2) is 0 Å². The van der Waals surface area contributed by atoms with Crippen LogP contribution in [0.15, 0.2) is 34.8 Å². The van der Waals surface area contributed by atoms with Crippen molar-refractivity contribution in [2.45, 2.75) is 13.5 Å². The summed E-state index contributed by atoms with van der Waals surface area (Å²) in [5, 5.41) is 11.6. The van der Waals surface area contributed by atoms with Crippen LogP contribution in [0.2, 0.25) is 0 Å². The minimum Gasteiger partial charge on any atom is -0.379 e. The summed E-state index contributed by atoms with van der Waals surface area (Å²) in [6, 6.07) is 9.51. The van der Waals surface area contributed by atoms with Crippen LogP contribution in [0.3, 0.4) is 0 Å². The zero-order chi connectivity index (χ0) is 14.7. The first kappa shape index (κ1) is 14.5. The quantitative estimate of drug-likeness (QED) is 0.836. The summed E-state index contributed by atoms with van der Waals surface area (Å²) in [5.74, 6) is -1.05. The summed E-state index contributed by atoms with van der Waals surface area (Å²) in [4.78, 5) is 0. The number of hydrogen-bond donors (Lipinski definition) is 1. The van der Waals surface area contributed by atoms with Crippen LogP contribution >= 0.6 is 15.9 Å². The summed E-state index contributed by atoms with van der Waals surface area (Å²) >= 11 is 2.93. The highest BCUT2D eigenvalue weighted by atomic mass is 79.9. The third-order valence-electron chi connectivity index (χ3n) is 2.95. The molecule has 0 aliphatic carbocycles. The summed E-state index contributed by atoms with van der Waals surface area (Å²) in [6.07, 6.45) is 0. The molecule has 5 heteroatoms. The monoisotopic (exact) mass is 336 g/mol. The van der Waals surface area contributed by atoms with E-state index in [1.807, 2.05) is 6.92 Å². The number of aryl methyl sites for hydroxylation is 1. The van der Waals surface area contributed by atoms with Gasteiger partial charge in [-0.1, -0.05) is 6.07 Å². The van der Waals surface area contributed by atoms with Crippen LogP contribution in [0.4, 0.5) is 14.5 Å². The Labute approximate surface area is 124 Å². The van der Waals surface area contributed by atoms with Crippen molar-refractivity contribution in [3.05, 3.63) is 63.1 Å². The predicted molar refractivity (Wildman–Crippen MR) is 77.3 cm³/mol. The van der Waals surface area contributed by atoms with Crippen LogP contribution in [0, 0.1) is 29.9 Å². The Bertz CT molecular complexity index is 693. The molecule has 0 saturated carbocycles. The van der Waals surface area contributed by atoms with Gasteiger partial charge in [-0.2, -0.15) is 5.26 Å². The topological polar surface area (TPSA) is 35.8 Å². The largest absolute Gasteiger partial charge is 0.379 e. The zero-order valence-corrected chi connectivity index (χ0v) is 12.3. The van der Waals surface area contributed by atoms with Crippen molar-refractivity contribution >= 4 is 21.6 Å². The molecule has 1 N–H and O–H groups in total. The molecule has 0 bridgehead atoms.